The van der Waals surface area contributed by atoms with Crippen LogP contribution in [0.5, 0.6) is 0 Å². The predicted octanol–water partition coefficient (Wildman–Crippen LogP) is 14.4. The monoisotopic (exact) mass is 785 g/mol. The van der Waals surface area contributed by atoms with Gasteiger partial charge in [0.1, 0.15) is 0 Å². The first kappa shape index (κ1) is 34.8. The van der Waals surface area contributed by atoms with Crippen molar-refractivity contribution in [3.8, 4) is 5.69 Å². The van der Waals surface area contributed by atoms with Crippen molar-refractivity contribution in [2.75, 3.05) is 10.2 Å². The number of nitrogens with zero attached hydrogens (tertiary/aromatic N) is 2. The third-order valence-electron chi connectivity index (χ3n) is 12.2. The molecule has 3 heterocycles. The molecule has 0 aliphatic carbocycles. The van der Waals surface area contributed by atoms with Crippen LogP contribution >= 0.6 is 0 Å². The Morgan fingerprint density at radius 1 is 0.393 bits per heavy atom. The Morgan fingerprint density at radius 2 is 0.951 bits per heavy atom. The number of para-hydroxylation sites is 6. The largest absolute Gasteiger partial charge is 0.453 e. The van der Waals surface area contributed by atoms with Gasteiger partial charge in [0.05, 0.1) is 38.5 Å². The Balaban J connectivity index is 1.11. The number of fused-ring (bicyclic) bond motifs is 6. The standard InChI is InChI=1S/C55H39N5O/c1-4-16-37(17-5-1)55(43-22-10-12-24-45(43)56-46-25-13-11-23-44(46)55)38-28-30-41(31-29-38)60-51-33-32-42(59(39-18-6-2-7-19-39)40-20-8-3-9-21-40)34-48(51)58-49-35-50-54(36-52(49)60)61-53-27-15-14-26-47(53)57-50/h1-36,56-58H. The summed E-state index contributed by atoms with van der Waals surface area (Å²) >= 11 is 0. The highest BCUT2D eigenvalue weighted by atomic mass is 16.3. The van der Waals surface area contributed by atoms with Gasteiger partial charge in [-0.15, -0.1) is 0 Å². The van der Waals surface area contributed by atoms with Crippen molar-refractivity contribution >= 4 is 72.7 Å². The Bertz CT molecular complexity index is 3360. The number of aromatic amines is 2. The molecule has 0 spiro atoms. The van der Waals surface area contributed by atoms with Crippen molar-refractivity contribution in [1.82, 2.24) is 14.5 Å². The summed E-state index contributed by atoms with van der Waals surface area (Å²) in [5.74, 6) is 0. The van der Waals surface area contributed by atoms with Gasteiger partial charge in [-0.3, -0.25) is 0 Å². The number of nitrogens with one attached hydrogen (secondary N) is 3. The first-order chi connectivity index (χ1) is 30.2. The number of rotatable bonds is 6. The van der Waals surface area contributed by atoms with Crippen LogP contribution in [-0.2, 0) is 5.41 Å². The van der Waals surface area contributed by atoms with Crippen LogP contribution in [0.2, 0.25) is 0 Å². The van der Waals surface area contributed by atoms with E-state index >= 15 is 0 Å². The molecule has 1 aliphatic heterocycles. The van der Waals surface area contributed by atoms with Gasteiger partial charge in [-0.05, 0) is 107 Å². The summed E-state index contributed by atoms with van der Waals surface area (Å²) in [7, 11) is 0. The van der Waals surface area contributed by atoms with Crippen LogP contribution in [-0.4, -0.2) is 14.5 Å². The second-order valence-electron chi connectivity index (χ2n) is 15.6. The first-order valence-corrected chi connectivity index (χ1v) is 20.7. The summed E-state index contributed by atoms with van der Waals surface area (Å²) in [6.07, 6.45) is 0. The molecule has 12 rings (SSSR count). The molecule has 0 saturated carbocycles. The van der Waals surface area contributed by atoms with E-state index in [0.29, 0.717) is 0 Å². The van der Waals surface area contributed by atoms with Gasteiger partial charge in [0, 0.05) is 40.2 Å². The van der Waals surface area contributed by atoms with E-state index in [1.54, 1.807) is 0 Å². The molecule has 0 bridgehead atoms. The minimum Gasteiger partial charge on any atom is -0.453 e. The van der Waals surface area contributed by atoms with Crippen LogP contribution in [0.1, 0.15) is 22.3 Å². The van der Waals surface area contributed by atoms with Gasteiger partial charge in [0.2, 0.25) is 0 Å². The molecule has 0 fully saturated rings. The lowest BCUT2D eigenvalue weighted by atomic mass is 9.63. The second-order valence-corrected chi connectivity index (χ2v) is 15.6. The fourth-order valence-corrected chi connectivity index (χ4v) is 9.54. The molecule has 9 aromatic carbocycles. The Morgan fingerprint density at radius 3 is 1.64 bits per heavy atom. The molecule has 1 aliphatic rings. The molecule has 0 unspecified atom stereocenters. The maximum atomic E-state index is 6.56. The third-order valence-corrected chi connectivity index (χ3v) is 12.2. The molecular formula is C55H39N5O. The average Bonchev–Trinajstić information content (AvgIpc) is 3.32. The van der Waals surface area contributed by atoms with E-state index in [2.05, 4.69) is 219 Å². The van der Waals surface area contributed by atoms with E-state index in [-0.39, 0.29) is 0 Å². The highest BCUT2D eigenvalue weighted by Gasteiger charge is 2.43. The smallest absolute Gasteiger partial charge is 0.153 e. The zero-order valence-electron chi connectivity index (χ0n) is 33.1. The highest BCUT2D eigenvalue weighted by Crippen LogP contribution is 2.53. The number of benzene rings is 9. The molecule has 290 valence electrons. The van der Waals surface area contributed by atoms with Gasteiger partial charge in [-0.2, -0.15) is 0 Å². The van der Waals surface area contributed by atoms with Crippen molar-refractivity contribution in [3.63, 3.8) is 0 Å². The highest BCUT2D eigenvalue weighted by molar-refractivity contribution is 5.99. The Kier molecular flexibility index (Phi) is 7.96. The average molecular weight is 786 g/mol. The summed E-state index contributed by atoms with van der Waals surface area (Å²) < 4.78 is 8.92. The molecule has 6 heteroatoms. The van der Waals surface area contributed by atoms with Gasteiger partial charge in [0.25, 0.3) is 0 Å². The van der Waals surface area contributed by atoms with E-state index in [4.69, 9.17) is 4.42 Å². The lowest BCUT2D eigenvalue weighted by Crippen LogP contribution is -2.35. The lowest BCUT2D eigenvalue weighted by Gasteiger charge is -2.42. The summed E-state index contributed by atoms with van der Waals surface area (Å²) in [5, 5.41) is 3.75. The normalized spacial score (nSPS) is 12.9. The first-order valence-electron chi connectivity index (χ1n) is 20.7. The number of anilines is 5. The molecule has 3 N–H and O–H groups in total. The van der Waals surface area contributed by atoms with Gasteiger partial charge in [-0.25, -0.2) is 0 Å². The van der Waals surface area contributed by atoms with E-state index in [1.165, 1.54) is 22.3 Å². The quantitative estimate of drug-likeness (QED) is 0.147. The summed E-state index contributed by atoms with van der Waals surface area (Å²) in [6, 6.07) is 77.7. The molecule has 0 amide bonds. The summed E-state index contributed by atoms with van der Waals surface area (Å²) in [4.78, 5) is 9.78. The van der Waals surface area contributed by atoms with Crippen LogP contribution in [0.15, 0.2) is 223 Å². The topological polar surface area (TPSA) is 64.9 Å². The summed E-state index contributed by atoms with van der Waals surface area (Å²) in [6.45, 7) is 0. The number of hydrogen-bond acceptors (Lipinski definition) is 3. The number of aromatic nitrogens is 3. The van der Waals surface area contributed by atoms with Gasteiger partial charge >= 0.3 is 0 Å². The van der Waals surface area contributed by atoms with Gasteiger partial charge in [-0.1, -0.05) is 127 Å². The predicted molar refractivity (Wildman–Crippen MR) is 251 cm³/mol. The minimum atomic E-state index is -0.559. The second kappa shape index (κ2) is 14.0. The number of hydrogen-bond donors (Lipinski definition) is 3. The van der Waals surface area contributed by atoms with Crippen LogP contribution in [0, 0.1) is 0 Å². The van der Waals surface area contributed by atoms with E-state index in [9.17, 15) is 0 Å². The number of H-pyrrole nitrogens is 2. The van der Waals surface area contributed by atoms with Crippen LogP contribution < -0.4 is 10.2 Å². The van der Waals surface area contributed by atoms with Crippen molar-refractivity contribution in [3.05, 3.63) is 241 Å². The molecule has 6 nitrogen and oxygen atoms in total. The molecule has 0 radical (unpaired) electrons. The maximum absolute atomic E-state index is 6.56. The van der Waals surface area contributed by atoms with E-state index in [1.807, 2.05) is 24.3 Å². The fourth-order valence-electron chi connectivity index (χ4n) is 9.54. The summed E-state index contributed by atoms with van der Waals surface area (Å²) in [5.41, 5.74) is 18.1. The molecule has 2 aromatic heterocycles. The Hall–Kier alpha value is -8.22. The van der Waals surface area contributed by atoms with Crippen molar-refractivity contribution in [2.24, 2.45) is 0 Å². The van der Waals surface area contributed by atoms with Gasteiger partial charge in [0.15, 0.2) is 11.2 Å². The zero-order valence-corrected chi connectivity index (χ0v) is 33.1. The van der Waals surface area contributed by atoms with Crippen molar-refractivity contribution in [2.45, 2.75) is 5.41 Å². The van der Waals surface area contributed by atoms with Gasteiger partial charge < -0.3 is 29.2 Å². The van der Waals surface area contributed by atoms with Crippen LogP contribution in [0.3, 0.4) is 0 Å². The van der Waals surface area contributed by atoms with E-state index < -0.39 is 5.41 Å². The minimum absolute atomic E-state index is 0.559. The van der Waals surface area contributed by atoms with E-state index in [0.717, 1.165) is 78.4 Å². The SMILES string of the molecule is c1ccc(N(c2ccccc2)c2ccc3c(c2)[nH]c2cc4[nH]c5ccccc5oc4cc2n3-c2ccc(C3(c4ccccc4)c4ccccc4Nc4ccccc43)cc2)cc1. The Labute approximate surface area is 352 Å². The lowest BCUT2D eigenvalue weighted by molar-refractivity contribution is 0.657. The molecule has 11 aromatic rings. The molecule has 61 heavy (non-hydrogen) atoms. The van der Waals surface area contributed by atoms with Crippen LogP contribution in [0.4, 0.5) is 28.4 Å². The molecule has 0 atom stereocenters. The maximum Gasteiger partial charge on any atom is 0.153 e. The molecule has 0 saturated heterocycles. The van der Waals surface area contributed by atoms with Crippen molar-refractivity contribution < 1.29 is 4.42 Å². The fraction of sp³-hybridized carbons (Fsp3) is 0.0182. The third kappa shape index (κ3) is 5.57. The van der Waals surface area contributed by atoms with Crippen molar-refractivity contribution in [1.29, 1.82) is 0 Å². The van der Waals surface area contributed by atoms with Crippen LogP contribution in [0.25, 0.3) is 50.0 Å². The zero-order chi connectivity index (χ0) is 40.3. The molecular weight excluding hydrogens is 747 g/mol.